The van der Waals surface area contributed by atoms with Crippen LogP contribution in [-0.2, 0) is 29.8 Å². The van der Waals surface area contributed by atoms with Crippen molar-refractivity contribution in [2.75, 3.05) is 19.8 Å². The molecule has 1 saturated carbocycles. The fourth-order valence-electron chi connectivity index (χ4n) is 5.91. The Morgan fingerprint density at radius 2 is 1.56 bits per heavy atom. The Morgan fingerprint density at radius 3 is 2.05 bits per heavy atom. The molecule has 0 saturated heterocycles. The number of benzene rings is 1. The van der Waals surface area contributed by atoms with E-state index in [0.29, 0.717) is 0 Å². The van der Waals surface area contributed by atoms with Crippen molar-refractivity contribution in [2.24, 2.45) is 17.3 Å². The number of hydrogen-bond acceptors (Lipinski definition) is 6. The number of sulfonamides is 1. The fraction of sp³-hybridized carbons (Fsp3) is 0.667. The highest BCUT2D eigenvalue weighted by molar-refractivity contribution is 7.90. The Morgan fingerprint density at radius 1 is 1.00 bits per heavy atom. The third kappa shape index (κ3) is 9.89. The molecule has 0 bridgehead atoms. The first kappa shape index (κ1) is 36.5. The minimum absolute atomic E-state index is 0.0559. The average Bonchev–Trinajstić information content (AvgIpc) is 3.41. The first-order valence-electron chi connectivity index (χ1n) is 15.3. The molecule has 3 N–H and O–H groups in total. The zero-order valence-electron chi connectivity index (χ0n) is 27.8. The van der Waals surface area contributed by atoms with Crippen LogP contribution in [0, 0.1) is 17.3 Å². The maximum absolute atomic E-state index is 14.0. The molecule has 1 aliphatic carbocycles. The van der Waals surface area contributed by atoms with Crippen molar-refractivity contribution in [1.29, 1.82) is 0 Å². The number of hydrogen-bond donors (Lipinski definition) is 3. The van der Waals surface area contributed by atoms with Crippen LogP contribution in [0.2, 0.25) is 0 Å². The molecule has 43 heavy (non-hydrogen) atoms. The summed E-state index contributed by atoms with van der Waals surface area (Å²) in [4.78, 5) is 42.2. The van der Waals surface area contributed by atoms with E-state index in [1.165, 1.54) is 0 Å². The van der Waals surface area contributed by atoms with Gasteiger partial charge in [0.15, 0.2) is 0 Å². The van der Waals surface area contributed by atoms with Gasteiger partial charge in [0.1, 0.15) is 6.04 Å². The lowest BCUT2D eigenvalue weighted by Gasteiger charge is -2.40. The minimum atomic E-state index is -3.77. The molecule has 3 atom stereocenters. The number of nitrogens with one attached hydrogen (secondary N) is 3. The van der Waals surface area contributed by atoms with E-state index in [4.69, 9.17) is 0 Å². The van der Waals surface area contributed by atoms with Crippen molar-refractivity contribution >= 4 is 27.7 Å². The van der Waals surface area contributed by atoms with E-state index in [1.807, 2.05) is 78.8 Å². The highest BCUT2D eigenvalue weighted by Crippen LogP contribution is 2.29. The van der Waals surface area contributed by atoms with E-state index in [9.17, 15) is 22.8 Å². The monoisotopic (exact) mass is 618 g/mol. The Hall–Kier alpha value is -2.72. The molecule has 0 heterocycles. The molecular formula is C33H54N4O5S. The Bertz CT molecular complexity index is 1250. The third-order valence-electron chi connectivity index (χ3n) is 8.62. The normalized spacial score (nSPS) is 17.3. The number of carbonyl (C=O) groups excluding carboxylic acids is 3. The zero-order valence-corrected chi connectivity index (χ0v) is 28.6. The summed E-state index contributed by atoms with van der Waals surface area (Å²) in [7, 11) is -0.380. The lowest BCUT2D eigenvalue weighted by atomic mass is 9.76. The lowest BCUT2D eigenvalue weighted by Crippen LogP contribution is -2.61. The summed E-state index contributed by atoms with van der Waals surface area (Å²) in [6, 6.07) is 7.78. The number of nitrogens with zero attached hydrogens (tertiary/aromatic N) is 1. The summed E-state index contributed by atoms with van der Waals surface area (Å²) in [6.45, 7) is 15.1. The third-order valence-corrected chi connectivity index (χ3v) is 10.0. The van der Waals surface area contributed by atoms with Gasteiger partial charge in [-0.15, -0.1) is 0 Å². The zero-order chi connectivity index (χ0) is 32.8. The van der Waals surface area contributed by atoms with E-state index >= 15 is 0 Å². The quantitative estimate of drug-likeness (QED) is 0.286. The summed E-state index contributed by atoms with van der Waals surface area (Å²) in [5, 5.41) is 6.17. The molecule has 2 rings (SSSR count). The second kappa shape index (κ2) is 14.8. The van der Waals surface area contributed by atoms with E-state index in [1.54, 1.807) is 32.0 Å². The van der Waals surface area contributed by atoms with Crippen LogP contribution in [0.1, 0.15) is 86.6 Å². The molecule has 9 nitrogen and oxygen atoms in total. The molecule has 3 unspecified atom stereocenters. The Balaban J connectivity index is 2.27. The average molecular weight is 619 g/mol. The highest BCUT2D eigenvalue weighted by atomic mass is 32.2. The van der Waals surface area contributed by atoms with Crippen LogP contribution in [0.5, 0.6) is 0 Å². The predicted octanol–water partition coefficient (Wildman–Crippen LogP) is 4.15. The van der Waals surface area contributed by atoms with E-state index in [-0.39, 0.29) is 35.0 Å². The molecule has 0 aliphatic heterocycles. The first-order chi connectivity index (χ1) is 19.8. The van der Waals surface area contributed by atoms with Gasteiger partial charge >= 0.3 is 0 Å². The van der Waals surface area contributed by atoms with Crippen LogP contribution in [0.15, 0.2) is 42.0 Å². The molecule has 0 aromatic heterocycles. The topological polar surface area (TPSA) is 125 Å². The van der Waals surface area contributed by atoms with Gasteiger partial charge in [0.25, 0.3) is 5.91 Å². The van der Waals surface area contributed by atoms with E-state index in [2.05, 4.69) is 15.4 Å². The predicted molar refractivity (Wildman–Crippen MR) is 173 cm³/mol. The standard InChI is InChI=1S/C33H54N4O5S/c1-22(2)26(20-23(3)29(38)36-43(41,42)21-24-16-14-15-17-24)37(10)31(40)28(32(4,5)6)35-30(39)27(34-9)33(7,8)25-18-12-11-13-19-25/h11-13,18-20,22,24,26-28,34H,14-17,21H2,1-10H3,(H,35,39)(H,36,38). The summed E-state index contributed by atoms with van der Waals surface area (Å²) in [5.41, 5.74) is 0.0135. The van der Waals surface area contributed by atoms with Crippen molar-refractivity contribution < 1.29 is 22.8 Å². The number of rotatable bonds is 13. The second-order valence-electron chi connectivity index (χ2n) is 14.0. The van der Waals surface area contributed by atoms with E-state index in [0.717, 1.165) is 31.2 Å². The molecule has 0 spiro atoms. The molecule has 3 amide bonds. The minimum Gasteiger partial charge on any atom is -0.342 e. The van der Waals surface area contributed by atoms with Gasteiger partial charge in [-0.25, -0.2) is 13.1 Å². The van der Waals surface area contributed by atoms with Crippen molar-refractivity contribution in [3.63, 3.8) is 0 Å². The molecule has 10 heteroatoms. The number of likely N-dealkylation sites (N-methyl/N-ethyl adjacent to an activating group) is 2. The highest BCUT2D eigenvalue weighted by Gasteiger charge is 2.41. The van der Waals surface area contributed by atoms with Gasteiger partial charge in [0.05, 0.1) is 17.8 Å². The summed E-state index contributed by atoms with van der Waals surface area (Å²) < 4.78 is 27.5. The molecule has 242 valence electrons. The SMILES string of the molecule is CNC(C(=O)NC(C(=O)N(C)C(C=C(C)C(=O)NS(=O)(=O)CC1CCCC1)C(C)C)C(C)(C)C)C(C)(C)c1ccccc1. The molecule has 0 radical (unpaired) electrons. The molecule has 1 fully saturated rings. The van der Waals surface area contributed by atoms with Crippen molar-refractivity contribution in [3.8, 4) is 0 Å². The largest absolute Gasteiger partial charge is 0.342 e. The van der Waals surface area contributed by atoms with Crippen molar-refractivity contribution in [1.82, 2.24) is 20.3 Å². The van der Waals surface area contributed by atoms with Crippen molar-refractivity contribution in [3.05, 3.63) is 47.5 Å². The van der Waals surface area contributed by atoms with Gasteiger partial charge in [-0.2, -0.15) is 0 Å². The summed E-state index contributed by atoms with van der Waals surface area (Å²) in [5.74, 6) is -1.36. The summed E-state index contributed by atoms with van der Waals surface area (Å²) in [6.07, 6.45) is 5.38. The maximum atomic E-state index is 14.0. The fourth-order valence-corrected chi connectivity index (χ4v) is 7.39. The van der Waals surface area contributed by atoms with Gasteiger partial charge in [-0.1, -0.05) is 97.7 Å². The van der Waals surface area contributed by atoms with Crippen molar-refractivity contribution in [2.45, 2.75) is 105 Å². The Kier molecular flexibility index (Phi) is 12.6. The van der Waals surface area contributed by atoms with Crippen LogP contribution >= 0.6 is 0 Å². The molecule has 1 aliphatic rings. The van der Waals surface area contributed by atoms with Gasteiger partial charge < -0.3 is 15.5 Å². The Labute approximate surface area is 259 Å². The number of amides is 3. The van der Waals surface area contributed by atoms with Crippen LogP contribution in [0.3, 0.4) is 0 Å². The van der Waals surface area contributed by atoms with E-state index < -0.39 is 44.9 Å². The summed E-state index contributed by atoms with van der Waals surface area (Å²) >= 11 is 0. The van der Waals surface area contributed by atoms with Gasteiger partial charge in [0, 0.05) is 18.0 Å². The van der Waals surface area contributed by atoms with Crippen LogP contribution < -0.4 is 15.4 Å². The molecular weight excluding hydrogens is 564 g/mol. The van der Waals surface area contributed by atoms with Crippen LogP contribution in [0.4, 0.5) is 0 Å². The maximum Gasteiger partial charge on any atom is 0.260 e. The van der Waals surface area contributed by atoms with Crippen LogP contribution in [-0.4, -0.2) is 69.0 Å². The lowest BCUT2D eigenvalue weighted by molar-refractivity contribution is -0.140. The second-order valence-corrected chi connectivity index (χ2v) is 15.8. The molecule has 1 aromatic carbocycles. The number of carbonyl (C=O) groups is 3. The van der Waals surface area contributed by atoms with Gasteiger partial charge in [-0.05, 0) is 49.6 Å². The smallest absolute Gasteiger partial charge is 0.260 e. The first-order valence-corrected chi connectivity index (χ1v) is 17.0. The van der Waals surface area contributed by atoms with Gasteiger partial charge in [-0.3, -0.25) is 14.4 Å². The van der Waals surface area contributed by atoms with Crippen LogP contribution in [0.25, 0.3) is 0 Å². The molecule has 1 aromatic rings. The van der Waals surface area contributed by atoms with Gasteiger partial charge in [0.2, 0.25) is 21.8 Å².